The topological polar surface area (TPSA) is 86.7 Å². The second-order valence-corrected chi connectivity index (χ2v) is 9.10. The number of hydrogen-bond donors (Lipinski definition) is 2. The summed E-state index contributed by atoms with van der Waals surface area (Å²) in [4.78, 5) is 12.2. The molecule has 10 heteroatoms. The van der Waals surface area contributed by atoms with Gasteiger partial charge in [-0.15, -0.1) is 35.3 Å². The normalized spacial score (nSPS) is 18.0. The maximum atomic E-state index is 11.4. The molecular formula is C14H26IN5O2S2. The first-order valence-corrected chi connectivity index (χ1v) is 10.5. The standard InChI is InChI=1S/C14H25N5O2S2.HI/c1-3-15-14(18-11-13-17-10-12(2)22-13)16-4-5-19-6-8-23(20,21)9-7-19;/h10H,3-9,11H2,1-2H3,(H2,15,16,18);1H. The van der Waals surface area contributed by atoms with Crippen molar-refractivity contribution >= 4 is 51.1 Å². The fraction of sp³-hybridized carbons (Fsp3) is 0.714. The molecule has 7 nitrogen and oxygen atoms in total. The van der Waals surface area contributed by atoms with E-state index in [0.717, 1.165) is 30.6 Å². The molecule has 0 amide bonds. The quantitative estimate of drug-likeness (QED) is 0.352. The fourth-order valence-corrected chi connectivity index (χ4v) is 4.26. The van der Waals surface area contributed by atoms with E-state index >= 15 is 0 Å². The van der Waals surface area contributed by atoms with E-state index in [1.54, 1.807) is 11.3 Å². The third-order valence-electron chi connectivity index (χ3n) is 3.54. The molecule has 24 heavy (non-hydrogen) atoms. The highest BCUT2D eigenvalue weighted by atomic mass is 127. The molecule has 2 N–H and O–H groups in total. The number of aryl methyl sites for hydroxylation is 1. The second-order valence-electron chi connectivity index (χ2n) is 5.48. The predicted molar refractivity (Wildman–Crippen MR) is 110 cm³/mol. The number of nitrogens with zero attached hydrogens (tertiary/aromatic N) is 3. The maximum absolute atomic E-state index is 11.4. The number of sulfone groups is 1. The van der Waals surface area contributed by atoms with Crippen molar-refractivity contribution in [1.82, 2.24) is 20.5 Å². The number of guanidine groups is 1. The van der Waals surface area contributed by atoms with Crippen LogP contribution in [-0.2, 0) is 16.4 Å². The van der Waals surface area contributed by atoms with Gasteiger partial charge in [-0.2, -0.15) is 0 Å². The Morgan fingerprint density at radius 3 is 2.67 bits per heavy atom. The molecular weight excluding hydrogens is 461 g/mol. The Labute approximate surface area is 165 Å². The molecule has 0 atom stereocenters. The summed E-state index contributed by atoms with van der Waals surface area (Å²) in [7, 11) is -2.81. The molecule has 0 radical (unpaired) electrons. The smallest absolute Gasteiger partial charge is 0.191 e. The summed E-state index contributed by atoms with van der Waals surface area (Å²) in [5, 5.41) is 7.50. The Bertz CT molecular complexity index is 619. The first-order chi connectivity index (χ1) is 11.0. The molecule has 1 aromatic heterocycles. The first-order valence-electron chi connectivity index (χ1n) is 7.85. The lowest BCUT2D eigenvalue weighted by Crippen LogP contribution is -2.45. The Morgan fingerprint density at radius 1 is 1.38 bits per heavy atom. The summed E-state index contributed by atoms with van der Waals surface area (Å²) < 4.78 is 22.8. The van der Waals surface area contributed by atoms with Gasteiger partial charge in [-0.3, -0.25) is 4.90 Å². The zero-order valence-electron chi connectivity index (χ0n) is 14.1. The molecule has 0 bridgehead atoms. The van der Waals surface area contributed by atoms with Crippen LogP contribution in [0.3, 0.4) is 0 Å². The van der Waals surface area contributed by atoms with Crippen molar-refractivity contribution in [3.63, 3.8) is 0 Å². The molecule has 1 aliphatic rings. The molecule has 0 aliphatic carbocycles. The Kier molecular flexibility index (Phi) is 9.45. The van der Waals surface area contributed by atoms with Gasteiger partial charge in [0.2, 0.25) is 0 Å². The largest absolute Gasteiger partial charge is 0.357 e. The minimum atomic E-state index is -2.81. The van der Waals surface area contributed by atoms with Crippen LogP contribution in [0.1, 0.15) is 16.8 Å². The van der Waals surface area contributed by atoms with Gasteiger partial charge in [-0.25, -0.2) is 18.4 Å². The van der Waals surface area contributed by atoms with Crippen LogP contribution in [0.5, 0.6) is 0 Å². The van der Waals surface area contributed by atoms with Crippen molar-refractivity contribution in [2.45, 2.75) is 20.4 Å². The van der Waals surface area contributed by atoms with Crippen LogP contribution in [0.15, 0.2) is 11.2 Å². The van der Waals surface area contributed by atoms with Gasteiger partial charge >= 0.3 is 0 Å². The van der Waals surface area contributed by atoms with Gasteiger partial charge < -0.3 is 10.6 Å². The Balaban J connectivity index is 0.00000288. The van der Waals surface area contributed by atoms with Crippen LogP contribution in [0.2, 0.25) is 0 Å². The number of nitrogens with one attached hydrogen (secondary N) is 2. The zero-order chi connectivity index (χ0) is 16.7. The summed E-state index contributed by atoms with van der Waals surface area (Å²) in [6.45, 7) is 8.22. The monoisotopic (exact) mass is 487 g/mol. The van der Waals surface area contributed by atoms with Crippen molar-refractivity contribution in [2.24, 2.45) is 4.99 Å². The van der Waals surface area contributed by atoms with Crippen LogP contribution in [0.25, 0.3) is 0 Å². The second kappa shape index (κ2) is 10.5. The number of aromatic nitrogens is 1. The highest BCUT2D eigenvalue weighted by molar-refractivity contribution is 14.0. The van der Waals surface area contributed by atoms with Gasteiger partial charge in [0.05, 0.1) is 18.1 Å². The average molecular weight is 487 g/mol. The highest BCUT2D eigenvalue weighted by Crippen LogP contribution is 2.11. The summed E-state index contributed by atoms with van der Waals surface area (Å²) in [5.74, 6) is 1.31. The molecule has 1 saturated heterocycles. The van der Waals surface area contributed by atoms with Crippen LogP contribution in [-0.4, -0.2) is 68.5 Å². The third-order valence-corrected chi connectivity index (χ3v) is 6.05. The molecule has 138 valence electrons. The maximum Gasteiger partial charge on any atom is 0.191 e. The van der Waals surface area contributed by atoms with E-state index in [2.05, 4.69) is 25.5 Å². The molecule has 0 saturated carbocycles. The van der Waals surface area contributed by atoms with Crippen LogP contribution < -0.4 is 10.6 Å². The number of aliphatic imine (C=N–C) groups is 1. The molecule has 0 spiro atoms. The van der Waals surface area contributed by atoms with Crippen molar-refractivity contribution in [1.29, 1.82) is 0 Å². The lowest BCUT2D eigenvalue weighted by molar-refractivity contribution is 0.299. The molecule has 2 rings (SSSR count). The van der Waals surface area contributed by atoms with E-state index in [1.807, 2.05) is 20.0 Å². The van der Waals surface area contributed by atoms with E-state index in [9.17, 15) is 8.42 Å². The minimum absolute atomic E-state index is 0. The number of hydrogen-bond acceptors (Lipinski definition) is 6. The fourth-order valence-electron chi connectivity index (χ4n) is 2.27. The van der Waals surface area contributed by atoms with Crippen LogP contribution in [0.4, 0.5) is 0 Å². The number of thiazole rings is 1. The van der Waals surface area contributed by atoms with Gasteiger partial charge in [0, 0.05) is 43.8 Å². The zero-order valence-corrected chi connectivity index (χ0v) is 18.1. The van der Waals surface area contributed by atoms with Crippen molar-refractivity contribution in [2.75, 3.05) is 44.2 Å². The predicted octanol–water partition coefficient (Wildman–Crippen LogP) is 0.855. The van der Waals surface area contributed by atoms with Gasteiger partial charge in [0.1, 0.15) is 5.01 Å². The number of rotatable bonds is 6. The van der Waals surface area contributed by atoms with Gasteiger partial charge in [0.15, 0.2) is 15.8 Å². The molecule has 0 aromatic carbocycles. The molecule has 1 fully saturated rings. The van der Waals surface area contributed by atoms with Crippen molar-refractivity contribution in [3.05, 3.63) is 16.1 Å². The van der Waals surface area contributed by atoms with Gasteiger partial charge in [-0.1, -0.05) is 0 Å². The minimum Gasteiger partial charge on any atom is -0.357 e. The summed E-state index contributed by atoms with van der Waals surface area (Å²) in [5.41, 5.74) is 0. The van der Waals surface area contributed by atoms with Crippen LogP contribution >= 0.6 is 35.3 Å². The van der Waals surface area contributed by atoms with Gasteiger partial charge in [0.25, 0.3) is 0 Å². The SMILES string of the molecule is CCNC(=NCc1ncc(C)s1)NCCN1CCS(=O)(=O)CC1.I. The van der Waals surface area contributed by atoms with Crippen molar-refractivity contribution < 1.29 is 8.42 Å². The Morgan fingerprint density at radius 2 is 2.08 bits per heavy atom. The van der Waals surface area contributed by atoms with Crippen molar-refractivity contribution in [3.8, 4) is 0 Å². The third kappa shape index (κ3) is 7.62. The lowest BCUT2D eigenvalue weighted by atomic mass is 10.4. The van der Waals surface area contributed by atoms with E-state index in [1.165, 1.54) is 4.88 Å². The van der Waals surface area contributed by atoms with E-state index in [4.69, 9.17) is 0 Å². The molecule has 0 unspecified atom stereocenters. The van der Waals surface area contributed by atoms with Crippen LogP contribution in [0, 0.1) is 6.92 Å². The molecule has 2 heterocycles. The van der Waals surface area contributed by atoms with E-state index in [0.29, 0.717) is 19.6 Å². The molecule has 1 aliphatic heterocycles. The van der Waals surface area contributed by atoms with Gasteiger partial charge in [-0.05, 0) is 13.8 Å². The number of halogens is 1. The Hall–Kier alpha value is -0.460. The summed E-state index contributed by atoms with van der Waals surface area (Å²) >= 11 is 1.66. The lowest BCUT2D eigenvalue weighted by Gasteiger charge is -2.26. The van der Waals surface area contributed by atoms with E-state index < -0.39 is 9.84 Å². The highest BCUT2D eigenvalue weighted by Gasteiger charge is 2.20. The molecule has 1 aromatic rings. The summed E-state index contributed by atoms with van der Waals surface area (Å²) in [6, 6.07) is 0. The van der Waals surface area contributed by atoms with E-state index in [-0.39, 0.29) is 35.5 Å². The summed E-state index contributed by atoms with van der Waals surface area (Å²) in [6.07, 6.45) is 1.86. The average Bonchev–Trinajstić information content (AvgIpc) is 2.92. The first kappa shape index (κ1) is 21.6.